The number of ether oxygens (including phenoxy) is 1. The maximum atomic E-state index is 12.0. The number of unbranched alkanes of at least 4 members (excludes halogenated alkanes) is 14. The lowest BCUT2D eigenvalue weighted by atomic mass is 9.81. The van der Waals surface area contributed by atoms with Crippen LogP contribution in [0.2, 0.25) is 0 Å². The molecule has 0 aliphatic carbocycles. The van der Waals surface area contributed by atoms with Gasteiger partial charge >= 0.3 is 15.6 Å². The van der Waals surface area contributed by atoms with E-state index in [0.29, 0.717) is 13.0 Å². The van der Waals surface area contributed by atoms with Crippen LogP contribution in [0.25, 0.3) is 0 Å². The maximum Gasteiger partial charge on any atom is 0.481 e. The Morgan fingerprint density at radius 1 is 0.676 bits per heavy atom. The molecule has 0 saturated heterocycles. The summed E-state index contributed by atoms with van der Waals surface area (Å²) in [4.78, 5) is 27.4. The van der Waals surface area contributed by atoms with E-state index in [1.807, 2.05) is 0 Å². The molecule has 12 heteroatoms. The first-order chi connectivity index (χ1) is 17.6. The van der Waals surface area contributed by atoms with Crippen LogP contribution in [0.1, 0.15) is 123 Å². The Morgan fingerprint density at radius 3 is 1.54 bits per heavy atom. The number of rotatable bonds is 27. The highest BCUT2D eigenvalue weighted by Crippen LogP contribution is 2.58. The number of aliphatic hydroxyl groups excluding tert-OH is 2. The molecule has 0 aromatic heterocycles. The summed E-state index contributed by atoms with van der Waals surface area (Å²) in [5.41, 5.74) is -1.43. The summed E-state index contributed by atoms with van der Waals surface area (Å²) in [5, 5.41) is 20.3. The van der Waals surface area contributed by atoms with E-state index in [2.05, 4.69) is 18.2 Å². The van der Waals surface area contributed by atoms with E-state index in [4.69, 9.17) is 19.0 Å². The van der Waals surface area contributed by atoms with Crippen LogP contribution >= 0.6 is 15.6 Å². The highest BCUT2D eigenvalue weighted by molar-refractivity contribution is 7.60. The van der Waals surface area contributed by atoms with E-state index in [0.717, 1.165) is 44.9 Å². The number of aliphatic hydroxyl groups is 2. The SMILES string of the molecule is CCCCCCCCCCOC(CCCCCCCCCC)C(CO)(CO)COP(=O)(O)OP(=O)(O)O. The lowest BCUT2D eigenvalue weighted by Gasteiger charge is -2.37. The van der Waals surface area contributed by atoms with Crippen molar-refractivity contribution in [3.8, 4) is 0 Å². The zero-order chi connectivity index (χ0) is 28.0. The van der Waals surface area contributed by atoms with Crippen molar-refractivity contribution < 1.29 is 47.6 Å². The fourth-order valence-corrected chi connectivity index (χ4v) is 5.98. The van der Waals surface area contributed by atoms with Gasteiger partial charge in [0.1, 0.15) is 0 Å². The number of hydrogen-bond acceptors (Lipinski definition) is 7. The predicted octanol–water partition coefficient (Wildman–Crippen LogP) is 6.24. The molecule has 0 bridgehead atoms. The molecule has 10 nitrogen and oxygen atoms in total. The first-order valence-corrected chi connectivity index (χ1v) is 17.2. The summed E-state index contributed by atoms with van der Waals surface area (Å²) in [7, 11) is -10.4. The van der Waals surface area contributed by atoms with Gasteiger partial charge in [-0.3, -0.25) is 4.52 Å². The van der Waals surface area contributed by atoms with Gasteiger partial charge in [-0.05, 0) is 12.8 Å². The molecule has 0 aromatic carbocycles. The van der Waals surface area contributed by atoms with Gasteiger partial charge in [0.2, 0.25) is 0 Å². The summed E-state index contributed by atoms with van der Waals surface area (Å²) < 4.78 is 37.7. The van der Waals surface area contributed by atoms with Gasteiger partial charge in [-0.2, -0.15) is 4.31 Å². The molecule has 0 aliphatic rings. The predicted molar refractivity (Wildman–Crippen MR) is 145 cm³/mol. The molecule has 0 saturated carbocycles. The number of phosphoric ester groups is 1. The molecular weight excluding hydrogens is 522 g/mol. The van der Waals surface area contributed by atoms with Gasteiger partial charge < -0.3 is 29.6 Å². The number of hydrogen-bond donors (Lipinski definition) is 5. The van der Waals surface area contributed by atoms with E-state index in [1.165, 1.54) is 57.8 Å². The second-order valence-corrected chi connectivity index (χ2v) is 12.9. The van der Waals surface area contributed by atoms with E-state index >= 15 is 0 Å². The van der Waals surface area contributed by atoms with Crippen molar-refractivity contribution >= 4 is 15.6 Å². The van der Waals surface area contributed by atoms with Gasteiger partial charge in [0.25, 0.3) is 0 Å². The van der Waals surface area contributed by atoms with Crippen LogP contribution in [0.3, 0.4) is 0 Å². The fourth-order valence-electron chi connectivity index (χ4n) is 4.30. The summed E-state index contributed by atoms with van der Waals surface area (Å²) in [5.74, 6) is 0. The number of phosphoric acid groups is 2. The monoisotopic (exact) mass is 576 g/mol. The van der Waals surface area contributed by atoms with E-state index in [1.54, 1.807) is 0 Å². The third-order valence-corrected chi connectivity index (χ3v) is 8.81. The Morgan fingerprint density at radius 2 is 1.11 bits per heavy atom. The summed E-state index contributed by atoms with van der Waals surface area (Å²) in [6.07, 6.45) is 17.7. The Hall–Kier alpha value is 0.140. The second-order valence-electron chi connectivity index (χ2n) is 10.1. The molecule has 0 spiro atoms. The van der Waals surface area contributed by atoms with Crippen LogP contribution in [-0.2, 0) is 22.7 Å². The van der Waals surface area contributed by atoms with Crippen LogP contribution < -0.4 is 0 Å². The van der Waals surface area contributed by atoms with Crippen molar-refractivity contribution in [3.05, 3.63) is 0 Å². The Kier molecular flexibility index (Phi) is 22.0. The van der Waals surface area contributed by atoms with Gasteiger partial charge in [0, 0.05) is 6.61 Å². The molecule has 0 rings (SSSR count). The third kappa shape index (κ3) is 19.8. The van der Waals surface area contributed by atoms with Crippen molar-refractivity contribution in [1.29, 1.82) is 0 Å². The average Bonchev–Trinajstić information content (AvgIpc) is 2.83. The normalized spacial score (nSPS) is 15.1. The van der Waals surface area contributed by atoms with Gasteiger partial charge in [0.15, 0.2) is 0 Å². The highest BCUT2D eigenvalue weighted by Gasteiger charge is 2.43. The molecular formula is C25H54O10P2. The van der Waals surface area contributed by atoms with Crippen molar-refractivity contribution in [2.75, 3.05) is 26.4 Å². The van der Waals surface area contributed by atoms with Gasteiger partial charge in [-0.1, -0.05) is 110 Å². The quantitative estimate of drug-likeness (QED) is 0.0558. The molecule has 2 atom stereocenters. The topological polar surface area (TPSA) is 163 Å². The third-order valence-electron chi connectivity index (χ3n) is 6.67. The van der Waals surface area contributed by atoms with Crippen LogP contribution in [0.15, 0.2) is 0 Å². The first kappa shape index (κ1) is 37.1. The summed E-state index contributed by atoms with van der Waals surface area (Å²) >= 11 is 0. The largest absolute Gasteiger partial charge is 0.481 e. The minimum Gasteiger partial charge on any atom is -0.396 e. The molecule has 0 radical (unpaired) electrons. The van der Waals surface area contributed by atoms with E-state index < -0.39 is 47.0 Å². The molecule has 5 N–H and O–H groups in total. The zero-order valence-electron chi connectivity index (χ0n) is 23.1. The van der Waals surface area contributed by atoms with Crippen molar-refractivity contribution in [2.45, 2.75) is 129 Å². The molecule has 2 unspecified atom stereocenters. The van der Waals surface area contributed by atoms with Gasteiger partial charge in [0.05, 0.1) is 31.3 Å². The molecule has 0 aliphatic heterocycles. The van der Waals surface area contributed by atoms with Crippen LogP contribution in [0.5, 0.6) is 0 Å². The van der Waals surface area contributed by atoms with Crippen molar-refractivity contribution in [1.82, 2.24) is 0 Å². The zero-order valence-corrected chi connectivity index (χ0v) is 24.9. The van der Waals surface area contributed by atoms with E-state index in [9.17, 15) is 24.2 Å². The lowest BCUT2D eigenvalue weighted by Crippen LogP contribution is -2.47. The minimum atomic E-state index is -5.28. The molecule has 0 heterocycles. The summed E-state index contributed by atoms with van der Waals surface area (Å²) in [6, 6.07) is 0. The average molecular weight is 577 g/mol. The lowest BCUT2D eigenvalue weighted by molar-refractivity contribution is -0.115. The molecule has 224 valence electrons. The van der Waals surface area contributed by atoms with Crippen molar-refractivity contribution in [2.24, 2.45) is 5.41 Å². The Labute approximate surface area is 224 Å². The standard InChI is InChI=1S/C25H54O10P2/c1-3-5-7-9-11-13-15-17-19-24(33-20-18-16-14-12-10-8-6-4-2)25(21-26,22-27)23-34-37(31,32)35-36(28,29)30/h24,26-27H,3-23H2,1-2H3,(H,31,32)(H2,28,29,30). The first-order valence-electron chi connectivity index (χ1n) is 14.1. The van der Waals surface area contributed by atoms with Crippen molar-refractivity contribution in [3.63, 3.8) is 0 Å². The Bertz CT molecular complexity index is 625. The minimum absolute atomic E-state index is 0.411. The van der Waals surface area contributed by atoms with Crippen LogP contribution in [-0.4, -0.2) is 57.4 Å². The van der Waals surface area contributed by atoms with Gasteiger partial charge in [-0.15, -0.1) is 0 Å². The maximum absolute atomic E-state index is 12.0. The molecule has 0 fully saturated rings. The van der Waals surface area contributed by atoms with Crippen LogP contribution in [0, 0.1) is 5.41 Å². The fraction of sp³-hybridized carbons (Fsp3) is 1.00. The molecule has 37 heavy (non-hydrogen) atoms. The van der Waals surface area contributed by atoms with Crippen LogP contribution in [0.4, 0.5) is 0 Å². The molecule has 0 amide bonds. The highest BCUT2D eigenvalue weighted by atomic mass is 31.3. The van der Waals surface area contributed by atoms with E-state index in [-0.39, 0.29) is 0 Å². The Balaban J connectivity index is 4.96. The van der Waals surface area contributed by atoms with Gasteiger partial charge in [-0.25, -0.2) is 9.13 Å². The second kappa shape index (κ2) is 21.9. The smallest absolute Gasteiger partial charge is 0.396 e. The molecule has 0 aromatic rings. The summed E-state index contributed by atoms with van der Waals surface area (Å²) in [6.45, 7) is 2.92.